The molecule has 1 aromatic carbocycles. The third kappa shape index (κ3) is 6.77. The van der Waals surface area contributed by atoms with Gasteiger partial charge in [-0.15, -0.1) is 0 Å². The van der Waals surface area contributed by atoms with Crippen LogP contribution in [0.1, 0.15) is 31.2 Å². The first kappa shape index (κ1) is 27.2. The number of rotatable bonds is 3. The van der Waals surface area contributed by atoms with E-state index >= 15 is 0 Å². The molecule has 0 radical (unpaired) electrons. The molecule has 0 aliphatic carbocycles. The van der Waals surface area contributed by atoms with E-state index in [2.05, 4.69) is 58.0 Å². The van der Waals surface area contributed by atoms with Crippen molar-refractivity contribution >= 4 is 11.8 Å². The van der Waals surface area contributed by atoms with Crippen molar-refractivity contribution in [2.24, 2.45) is 11.8 Å². The lowest BCUT2D eigenvalue weighted by Crippen LogP contribution is -2.51. The molecule has 1 aromatic rings. The number of likely N-dealkylation sites (tertiary alicyclic amines) is 1. The molecule has 38 heavy (non-hydrogen) atoms. The second-order valence-corrected chi connectivity index (χ2v) is 11.7. The van der Waals surface area contributed by atoms with Gasteiger partial charge in [-0.05, 0) is 64.3 Å². The van der Waals surface area contributed by atoms with Crippen molar-refractivity contribution in [2.75, 3.05) is 79.6 Å². The molecule has 8 heteroatoms. The molecule has 4 aliphatic rings. The van der Waals surface area contributed by atoms with E-state index in [1.807, 2.05) is 17.0 Å². The Morgan fingerprint density at radius 1 is 0.921 bits per heavy atom. The van der Waals surface area contributed by atoms with Crippen LogP contribution in [0.5, 0.6) is 5.75 Å². The van der Waals surface area contributed by atoms with Gasteiger partial charge in [0.05, 0.1) is 6.54 Å². The number of piperidine rings is 2. The number of carbonyl (C=O) groups is 2. The van der Waals surface area contributed by atoms with Gasteiger partial charge in [0, 0.05) is 63.8 Å². The number of piperazine rings is 1. The van der Waals surface area contributed by atoms with Crippen LogP contribution in [0, 0.1) is 11.8 Å². The summed E-state index contributed by atoms with van der Waals surface area (Å²) in [6.07, 6.45) is 7.88. The molecule has 0 saturated carbocycles. The number of nitrogens with zero attached hydrogens (tertiary/aromatic N) is 5. The zero-order chi connectivity index (χ0) is 26.5. The minimum absolute atomic E-state index is 0.167. The van der Waals surface area contributed by atoms with Crippen molar-refractivity contribution in [2.45, 2.75) is 38.3 Å². The fourth-order valence-corrected chi connectivity index (χ4v) is 6.45. The normalized spacial score (nSPS) is 28.0. The molecule has 208 valence electrons. The lowest BCUT2D eigenvalue weighted by Gasteiger charge is -2.41. The summed E-state index contributed by atoms with van der Waals surface area (Å²) in [6.45, 7) is 8.70. The third-order valence-electron chi connectivity index (χ3n) is 9.06. The van der Waals surface area contributed by atoms with Crippen molar-refractivity contribution in [3.8, 4) is 5.75 Å². The molecule has 4 heterocycles. The second kappa shape index (κ2) is 12.6. The van der Waals surface area contributed by atoms with Crippen LogP contribution in [0.2, 0.25) is 0 Å². The molecule has 4 aliphatic heterocycles. The quantitative estimate of drug-likeness (QED) is 0.566. The van der Waals surface area contributed by atoms with Crippen LogP contribution >= 0.6 is 0 Å². The standard InChI is InChI=1S/C30H45N5O3/c1-31-12-10-27(11-13-31)35-22-26-6-3-4-8-28(26)38-19-5-7-25-21-34(30(37)23-35)14-9-24(25)20-29(36)33-17-15-32(2)16-18-33/h3-8,24-25,27H,9-23H2,1-2H3/b7-5-/t24-,25-/m0/s1. The average Bonchev–Trinajstić information content (AvgIpc) is 2.93. The predicted molar refractivity (Wildman–Crippen MR) is 149 cm³/mol. The Hall–Kier alpha value is -2.42. The fourth-order valence-electron chi connectivity index (χ4n) is 6.45. The Morgan fingerprint density at radius 3 is 2.45 bits per heavy atom. The molecule has 0 unspecified atom stereocenters. The van der Waals surface area contributed by atoms with Crippen molar-refractivity contribution in [3.05, 3.63) is 42.0 Å². The molecule has 8 nitrogen and oxygen atoms in total. The van der Waals surface area contributed by atoms with E-state index in [-0.39, 0.29) is 23.7 Å². The van der Waals surface area contributed by atoms with Crippen LogP contribution in [0.3, 0.4) is 0 Å². The zero-order valence-corrected chi connectivity index (χ0v) is 23.3. The van der Waals surface area contributed by atoms with Crippen LogP contribution in [0.4, 0.5) is 0 Å². The number of hydrogen-bond donors (Lipinski definition) is 0. The molecule has 3 saturated heterocycles. The zero-order valence-electron chi connectivity index (χ0n) is 23.3. The third-order valence-corrected chi connectivity index (χ3v) is 9.06. The van der Waals surface area contributed by atoms with E-state index in [1.165, 1.54) is 0 Å². The van der Waals surface area contributed by atoms with Gasteiger partial charge in [-0.25, -0.2) is 0 Å². The summed E-state index contributed by atoms with van der Waals surface area (Å²) in [7, 11) is 4.29. The predicted octanol–water partition coefficient (Wildman–Crippen LogP) is 2.16. The first-order valence-corrected chi connectivity index (χ1v) is 14.5. The minimum atomic E-state index is 0.167. The number of benzene rings is 1. The van der Waals surface area contributed by atoms with Crippen molar-refractivity contribution in [1.29, 1.82) is 0 Å². The summed E-state index contributed by atoms with van der Waals surface area (Å²) >= 11 is 0. The van der Waals surface area contributed by atoms with Crippen molar-refractivity contribution in [1.82, 2.24) is 24.5 Å². The van der Waals surface area contributed by atoms with Crippen molar-refractivity contribution < 1.29 is 14.3 Å². The molecular weight excluding hydrogens is 478 g/mol. The highest BCUT2D eigenvalue weighted by molar-refractivity contribution is 5.79. The first-order chi connectivity index (χ1) is 18.5. The Bertz CT molecular complexity index is 984. The highest BCUT2D eigenvalue weighted by atomic mass is 16.5. The van der Waals surface area contributed by atoms with Gasteiger partial charge >= 0.3 is 0 Å². The number of carbonyl (C=O) groups excluding carboxylic acids is 2. The summed E-state index contributed by atoms with van der Waals surface area (Å²) in [5, 5.41) is 0. The molecule has 0 spiro atoms. The van der Waals surface area contributed by atoms with E-state index in [9.17, 15) is 9.59 Å². The summed E-state index contributed by atoms with van der Waals surface area (Å²) in [5.41, 5.74) is 1.14. The largest absolute Gasteiger partial charge is 0.489 e. The van der Waals surface area contributed by atoms with Crippen LogP contribution in [0.15, 0.2) is 36.4 Å². The number of ether oxygens (including phenoxy) is 1. The Morgan fingerprint density at radius 2 is 1.66 bits per heavy atom. The smallest absolute Gasteiger partial charge is 0.236 e. The molecule has 0 aromatic heterocycles. The van der Waals surface area contributed by atoms with Gasteiger partial charge in [-0.2, -0.15) is 0 Å². The maximum atomic E-state index is 13.7. The Balaban J connectivity index is 1.32. The topological polar surface area (TPSA) is 59.6 Å². The maximum Gasteiger partial charge on any atom is 0.236 e. The van der Waals surface area contributed by atoms with Crippen LogP contribution in [0.25, 0.3) is 0 Å². The SMILES string of the molecule is CN1CCC(N2CC(=O)N3CC[C@@H](CC(=O)N4CCN(C)CC4)[C@@H](/C=C\COc4ccccc4C2)C3)CC1. The highest BCUT2D eigenvalue weighted by Crippen LogP contribution is 2.30. The second-order valence-electron chi connectivity index (χ2n) is 11.7. The molecule has 2 amide bonds. The Kier molecular flexibility index (Phi) is 9.02. The summed E-state index contributed by atoms with van der Waals surface area (Å²) in [6, 6.07) is 8.63. The highest BCUT2D eigenvalue weighted by Gasteiger charge is 2.34. The number of fused-ring (bicyclic) bond motifs is 3. The monoisotopic (exact) mass is 523 g/mol. The van der Waals surface area contributed by atoms with E-state index in [0.29, 0.717) is 32.2 Å². The number of para-hydroxylation sites is 1. The number of likely N-dealkylation sites (N-methyl/N-ethyl adjacent to an activating group) is 1. The lowest BCUT2D eigenvalue weighted by molar-refractivity contribution is -0.137. The van der Waals surface area contributed by atoms with E-state index in [0.717, 1.165) is 82.9 Å². The van der Waals surface area contributed by atoms with Gasteiger partial charge in [0.2, 0.25) is 11.8 Å². The molecular formula is C30H45N5O3. The Labute approximate surface area is 228 Å². The van der Waals surface area contributed by atoms with Gasteiger partial charge in [0.15, 0.2) is 0 Å². The van der Waals surface area contributed by atoms with Crippen molar-refractivity contribution in [3.63, 3.8) is 0 Å². The number of hydrogen-bond acceptors (Lipinski definition) is 6. The van der Waals surface area contributed by atoms with E-state index in [4.69, 9.17) is 4.74 Å². The summed E-state index contributed by atoms with van der Waals surface area (Å²) < 4.78 is 6.24. The van der Waals surface area contributed by atoms with Gasteiger partial charge in [0.25, 0.3) is 0 Å². The van der Waals surface area contributed by atoms with E-state index < -0.39 is 0 Å². The summed E-state index contributed by atoms with van der Waals surface area (Å²) in [5.74, 6) is 1.79. The average molecular weight is 524 g/mol. The van der Waals surface area contributed by atoms with Gasteiger partial charge in [-0.1, -0.05) is 30.4 Å². The molecule has 5 rings (SSSR count). The lowest BCUT2D eigenvalue weighted by atomic mass is 9.82. The summed E-state index contributed by atoms with van der Waals surface area (Å²) in [4.78, 5) is 38.0. The molecule has 2 atom stereocenters. The fraction of sp³-hybridized carbons (Fsp3) is 0.667. The maximum absolute atomic E-state index is 13.7. The van der Waals surface area contributed by atoms with Crippen LogP contribution < -0.4 is 4.74 Å². The van der Waals surface area contributed by atoms with Gasteiger partial charge in [-0.3, -0.25) is 14.5 Å². The molecule has 0 N–H and O–H groups in total. The van der Waals surface area contributed by atoms with E-state index in [1.54, 1.807) is 0 Å². The van der Waals surface area contributed by atoms with Crippen LogP contribution in [-0.4, -0.2) is 122 Å². The number of amides is 2. The van der Waals surface area contributed by atoms with Crippen LogP contribution in [-0.2, 0) is 16.1 Å². The molecule has 3 fully saturated rings. The van der Waals surface area contributed by atoms with Gasteiger partial charge < -0.3 is 24.3 Å². The minimum Gasteiger partial charge on any atom is -0.489 e. The van der Waals surface area contributed by atoms with Gasteiger partial charge in [0.1, 0.15) is 12.4 Å². The first-order valence-electron chi connectivity index (χ1n) is 14.5. The molecule has 2 bridgehead atoms.